The fourth-order valence-electron chi connectivity index (χ4n) is 0. The Balaban J connectivity index is -0.0000000182. The van der Waals surface area contributed by atoms with Crippen molar-refractivity contribution in [3.8, 4) is 0 Å². The summed E-state index contributed by atoms with van der Waals surface area (Å²) in [6.45, 7) is 9.20. The van der Waals surface area contributed by atoms with Crippen molar-refractivity contribution in [1.82, 2.24) is 0 Å². The van der Waals surface area contributed by atoms with Gasteiger partial charge in [0.05, 0.1) is 0 Å². The van der Waals surface area contributed by atoms with Gasteiger partial charge in [-0.1, -0.05) is 13.2 Å². The second-order valence-electron chi connectivity index (χ2n) is 2.17. The molecule has 0 amide bonds. The Morgan fingerprint density at radius 1 is 0.765 bits per heavy atom. The monoisotopic (exact) mass is 396 g/mol. The molecule has 9 heteroatoms. The summed E-state index contributed by atoms with van der Waals surface area (Å²) in [6.07, 6.45) is 0. The largest absolute Gasteiger partial charge is 2.00 e. The normalized spacial score (nSPS) is 5.29. The molecule has 0 atom stereocenters. The van der Waals surface area contributed by atoms with Crippen molar-refractivity contribution >= 4 is 11.9 Å². The number of aliphatic carboxylic acids is 2. The van der Waals surface area contributed by atoms with Crippen LogP contribution in [-0.2, 0) is 79.0 Å². The van der Waals surface area contributed by atoms with Crippen LogP contribution < -0.4 is 0 Å². The first-order chi connectivity index (χ1) is 5.29. The van der Waals surface area contributed by atoms with Crippen LogP contribution in [0.5, 0.6) is 0 Å². The van der Waals surface area contributed by atoms with Crippen LogP contribution in [0.15, 0.2) is 24.3 Å². The van der Waals surface area contributed by atoms with Crippen molar-refractivity contribution in [2.75, 3.05) is 0 Å². The standard InChI is InChI=1S/2C4H6O2.2O.3Zn/c2*1-3(2)4(5)6;;;;;/h2*1H2,2H3,(H,5,6);;;;;/q;;2*-2;3*+2. The van der Waals surface area contributed by atoms with E-state index in [1.807, 2.05) is 0 Å². The Hall–Kier alpha value is 0.210. The average Bonchev–Trinajstić information content (AvgIpc) is 1.88. The van der Waals surface area contributed by atoms with Crippen LogP contribution in [0.1, 0.15) is 13.8 Å². The molecule has 0 bridgehead atoms. The molecule has 0 aromatic heterocycles. The van der Waals surface area contributed by atoms with Crippen LogP contribution in [0.25, 0.3) is 0 Å². The molecule has 0 aliphatic rings. The van der Waals surface area contributed by atoms with E-state index in [9.17, 15) is 9.59 Å². The van der Waals surface area contributed by atoms with Gasteiger partial charge in [0.15, 0.2) is 0 Å². The maximum atomic E-state index is 9.60. The summed E-state index contributed by atoms with van der Waals surface area (Å²) < 4.78 is 0. The number of hydrogen-bond acceptors (Lipinski definition) is 2. The van der Waals surface area contributed by atoms with E-state index in [-0.39, 0.29) is 80.5 Å². The number of carboxylic acid groups (broad SMARTS) is 2. The molecule has 84 valence electrons. The Bertz CT molecular complexity index is 181. The van der Waals surface area contributed by atoms with Crippen LogP contribution >= 0.6 is 0 Å². The van der Waals surface area contributed by atoms with E-state index in [4.69, 9.17) is 10.2 Å². The summed E-state index contributed by atoms with van der Waals surface area (Å²) in [6, 6.07) is 0. The molecular weight excluding hydrogens is 388 g/mol. The maximum absolute atomic E-state index is 9.60. The van der Waals surface area contributed by atoms with E-state index in [2.05, 4.69) is 13.2 Å². The molecular formula is C8H12O6Zn3+2. The van der Waals surface area contributed by atoms with Gasteiger partial charge in [-0.2, -0.15) is 0 Å². The fourth-order valence-corrected chi connectivity index (χ4v) is 0. The van der Waals surface area contributed by atoms with E-state index in [1.54, 1.807) is 0 Å². The van der Waals surface area contributed by atoms with Crippen molar-refractivity contribution in [3.05, 3.63) is 24.3 Å². The van der Waals surface area contributed by atoms with Gasteiger partial charge in [-0.25, -0.2) is 9.59 Å². The molecule has 0 unspecified atom stereocenters. The number of carbonyl (C=O) groups is 2. The van der Waals surface area contributed by atoms with Crippen molar-refractivity contribution < 1.29 is 89.2 Å². The molecule has 0 saturated heterocycles. The Kier molecular flexibility index (Phi) is 64.2. The third kappa shape index (κ3) is 48.6. The number of carboxylic acids is 2. The molecule has 0 aromatic rings. The molecule has 0 aliphatic heterocycles. The second kappa shape index (κ2) is 25.2. The topological polar surface area (TPSA) is 132 Å². The van der Waals surface area contributed by atoms with Crippen LogP contribution in [0, 0.1) is 0 Å². The van der Waals surface area contributed by atoms with E-state index in [0.717, 1.165) is 0 Å². The third-order valence-corrected chi connectivity index (χ3v) is 0.730. The molecule has 0 spiro atoms. The van der Waals surface area contributed by atoms with E-state index in [1.165, 1.54) is 13.8 Å². The SMILES string of the molecule is C=C(C)C(=O)O.C=C(C)C(=O)O.[O-2].[O-2].[Zn+2].[Zn+2].[Zn+2]. The van der Waals surface area contributed by atoms with E-state index >= 15 is 0 Å². The molecule has 0 aromatic carbocycles. The molecule has 17 heavy (non-hydrogen) atoms. The second-order valence-corrected chi connectivity index (χ2v) is 2.17. The van der Waals surface area contributed by atoms with E-state index < -0.39 is 11.9 Å². The summed E-state index contributed by atoms with van der Waals surface area (Å²) in [5, 5.41) is 15.8. The van der Waals surface area contributed by atoms with Crippen LogP contribution in [0.4, 0.5) is 0 Å². The van der Waals surface area contributed by atoms with Gasteiger partial charge in [0.1, 0.15) is 0 Å². The van der Waals surface area contributed by atoms with Gasteiger partial charge < -0.3 is 21.2 Å². The molecule has 0 radical (unpaired) electrons. The quantitative estimate of drug-likeness (QED) is 0.530. The first-order valence-electron chi connectivity index (χ1n) is 3.06. The minimum Gasteiger partial charge on any atom is -2.00 e. The zero-order chi connectivity index (χ0) is 10.3. The summed E-state index contributed by atoms with van der Waals surface area (Å²) in [5.74, 6) is -1.87. The molecule has 0 fully saturated rings. The van der Waals surface area contributed by atoms with Gasteiger partial charge in [0.25, 0.3) is 0 Å². The third-order valence-electron chi connectivity index (χ3n) is 0.730. The minimum atomic E-state index is -0.935. The molecule has 6 nitrogen and oxygen atoms in total. The van der Waals surface area contributed by atoms with Gasteiger partial charge in [-0.15, -0.1) is 0 Å². The summed E-state index contributed by atoms with van der Waals surface area (Å²) >= 11 is 0. The number of rotatable bonds is 2. The molecule has 0 rings (SSSR count). The van der Waals surface area contributed by atoms with Crippen LogP contribution in [0.2, 0.25) is 0 Å². The van der Waals surface area contributed by atoms with Gasteiger partial charge in [-0.05, 0) is 13.8 Å². The zero-order valence-electron chi connectivity index (χ0n) is 10.1. The smallest absolute Gasteiger partial charge is 2.00 e. The zero-order valence-corrected chi connectivity index (χ0v) is 19.0. The molecule has 0 heterocycles. The van der Waals surface area contributed by atoms with Crippen molar-refractivity contribution in [3.63, 3.8) is 0 Å². The first-order valence-corrected chi connectivity index (χ1v) is 3.06. The minimum absolute atomic E-state index is 0. The van der Waals surface area contributed by atoms with Crippen LogP contribution in [0.3, 0.4) is 0 Å². The summed E-state index contributed by atoms with van der Waals surface area (Å²) in [4.78, 5) is 19.2. The van der Waals surface area contributed by atoms with Gasteiger partial charge in [0.2, 0.25) is 0 Å². The Morgan fingerprint density at radius 2 is 0.824 bits per heavy atom. The summed E-state index contributed by atoms with van der Waals surface area (Å²) in [7, 11) is 0. The van der Waals surface area contributed by atoms with Crippen LogP contribution in [-0.4, -0.2) is 22.2 Å². The Labute approximate surface area is 138 Å². The predicted octanol–water partition coefficient (Wildman–Crippen LogP) is 1.05. The van der Waals surface area contributed by atoms with Crippen molar-refractivity contribution in [2.24, 2.45) is 0 Å². The summed E-state index contributed by atoms with van der Waals surface area (Å²) in [5.41, 5.74) is 0.352. The van der Waals surface area contributed by atoms with Crippen molar-refractivity contribution in [2.45, 2.75) is 13.8 Å². The molecule has 0 aliphatic carbocycles. The van der Waals surface area contributed by atoms with Gasteiger partial charge in [-0.3, -0.25) is 0 Å². The Morgan fingerprint density at radius 3 is 0.824 bits per heavy atom. The van der Waals surface area contributed by atoms with Gasteiger partial charge in [0, 0.05) is 11.1 Å². The average molecular weight is 400 g/mol. The first kappa shape index (κ1) is 43.4. The molecule has 0 saturated carbocycles. The maximum Gasteiger partial charge on any atom is 2.00 e. The van der Waals surface area contributed by atoms with Crippen molar-refractivity contribution in [1.29, 1.82) is 0 Å². The molecule has 2 N–H and O–H groups in total. The van der Waals surface area contributed by atoms with E-state index in [0.29, 0.717) is 0 Å². The predicted molar refractivity (Wildman–Crippen MR) is 46.3 cm³/mol. The van der Waals surface area contributed by atoms with Gasteiger partial charge >= 0.3 is 70.4 Å². The fraction of sp³-hybridized carbons (Fsp3) is 0.250. The number of hydrogen-bond donors (Lipinski definition) is 2.